The molecule has 1 N–H and O–H groups in total. The van der Waals surface area contributed by atoms with Gasteiger partial charge in [0.1, 0.15) is 24.8 Å². The molecule has 0 saturated heterocycles. The van der Waals surface area contributed by atoms with E-state index in [2.05, 4.69) is 21.2 Å². The fraction of sp³-hybridized carbons (Fsp3) is 0.263. The van der Waals surface area contributed by atoms with Crippen molar-refractivity contribution in [1.82, 2.24) is 5.32 Å². The van der Waals surface area contributed by atoms with E-state index in [9.17, 15) is 18.4 Å². The quantitative estimate of drug-likeness (QED) is 0.695. The summed E-state index contributed by atoms with van der Waals surface area (Å²) in [5.74, 6) is -1.36. The number of amides is 1. The maximum atomic E-state index is 13.6. The minimum atomic E-state index is -0.929. The molecular formula is C19H16BrF2NO4. The second-order valence-electron chi connectivity index (χ2n) is 5.93. The first-order chi connectivity index (χ1) is 12.9. The Morgan fingerprint density at radius 3 is 2.63 bits per heavy atom. The lowest BCUT2D eigenvalue weighted by atomic mass is 10.1. The summed E-state index contributed by atoms with van der Waals surface area (Å²) >= 11 is 3.40. The van der Waals surface area contributed by atoms with Gasteiger partial charge in [-0.1, -0.05) is 0 Å². The van der Waals surface area contributed by atoms with E-state index in [0.717, 1.165) is 22.2 Å². The van der Waals surface area contributed by atoms with Gasteiger partial charge < -0.3 is 14.8 Å². The second kappa shape index (κ2) is 8.47. The Morgan fingerprint density at radius 2 is 1.85 bits per heavy atom. The molecule has 1 aliphatic heterocycles. The van der Waals surface area contributed by atoms with E-state index in [1.807, 2.05) is 6.07 Å². The average Bonchev–Trinajstić information content (AvgIpc) is 2.64. The van der Waals surface area contributed by atoms with Crippen LogP contribution in [0.15, 0.2) is 34.8 Å². The van der Waals surface area contributed by atoms with Gasteiger partial charge in [-0.15, -0.1) is 0 Å². The molecule has 1 aliphatic rings. The molecule has 8 heteroatoms. The van der Waals surface area contributed by atoms with Crippen molar-refractivity contribution in [1.29, 1.82) is 0 Å². The molecular weight excluding hydrogens is 424 g/mol. The highest BCUT2D eigenvalue weighted by Crippen LogP contribution is 2.38. The van der Waals surface area contributed by atoms with Gasteiger partial charge in [0, 0.05) is 25.5 Å². The van der Waals surface area contributed by atoms with Crippen LogP contribution < -0.4 is 14.8 Å². The van der Waals surface area contributed by atoms with Crippen molar-refractivity contribution in [2.75, 3.05) is 13.2 Å². The molecule has 0 atom stereocenters. The Bertz CT molecular complexity index is 888. The number of hydrogen-bond acceptors (Lipinski definition) is 4. The van der Waals surface area contributed by atoms with Crippen molar-refractivity contribution in [2.24, 2.45) is 0 Å². The van der Waals surface area contributed by atoms with Crippen molar-refractivity contribution in [3.63, 3.8) is 0 Å². The summed E-state index contributed by atoms with van der Waals surface area (Å²) in [5.41, 5.74) is 0.579. The third-order valence-electron chi connectivity index (χ3n) is 3.96. The van der Waals surface area contributed by atoms with Crippen LogP contribution in [0.4, 0.5) is 8.78 Å². The van der Waals surface area contributed by atoms with Crippen LogP contribution >= 0.6 is 15.9 Å². The Kier molecular flexibility index (Phi) is 6.05. The summed E-state index contributed by atoms with van der Waals surface area (Å²) in [5, 5.41) is 2.70. The predicted octanol–water partition coefficient (Wildman–Crippen LogP) is 3.78. The number of ether oxygens (including phenoxy) is 2. The number of ketones is 1. The molecule has 0 aliphatic carbocycles. The van der Waals surface area contributed by atoms with E-state index in [-0.39, 0.29) is 30.9 Å². The van der Waals surface area contributed by atoms with Crippen LogP contribution in [-0.2, 0) is 11.3 Å². The Morgan fingerprint density at radius 1 is 1.07 bits per heavy atom. The number of rotatable bonds is 6. The number of nitrogens with one attached hydrogen (secondary N) is 1. The van der Waals surface area contributed by atoms with Crippen LogP contribution in [0.25, 0.3) is 0 Å². The highest BCUT2D eigenvalue weighted by Gasteiger charge is 2.17. The monoisotopic (exact) mass is 439 g/mol. The molecule has 0 spiro atoms. The van der Waals surface area contributed by atoms with Crippen LogP contribution in [-0.4, -0.2) is 24.9 Å². The second-order valence-corrected chi connectivity index (χ2v) is 6.78. The van der Waals surface area contributed by atoms with Gasteiger partial charge in [-0.3, -0.25) is 9.59 Å². The zero-order valence-corrected chi connectivity index (χ0v) is 15.8. The lowest BCUT2D eigenvalue weighted by Gasteiger charge is -2.20. The van der Waals surface area contributed by atoms with Gasteiger partial charge in [0.25, 0.3) is 0 Å². The summed E-state index contributed by atoms with van der Waals surface area (Å²) in [4.78, 5) is 24.0. The van der Waals surface area contributed by atoms with E-state index in [0.29, 0.717) is 30.8 Å². The van der Waals surface area contributed by atoms with E-state index in [1.165, 1.54) is 0 Å². The normalized spacial score (nSPS) is 12.6. The van der Waals surface area contributed by atoms with Gasteiger partial charge in [0.05, 0.1) is 10.0 Å². The minimum Gasteiger partial charge on any atom is -0.486 e. The number of fused-ring (bicyclic) bond motifs is 1. The van der Waals surface area contributed by atoms with Gasteiger partial charge in [-0.25, -0.2) is 8.78 Å². The molecule has 1 amide bonds. The van der Waals surface area contributed by atoms with Crippen molar-refractivity contribution in [3.05, 3.63) is 57.6 Å². The zero-order chi connectivity index (χ0) is 19.4. The fourth-order valence-corrected chi connectivity index (χ4v) is 3.24. The number of halogens is 3. The molecule has 1 heterocycles. The number of carbonyl (C=O) groups is 2. The van der Waals surface area contributed by atoms with Crippen LogP contribution in [0.1, 0.15) is 28.8 Å². The van der Waals surface area contributed by atoms with Crippen LogP contribution in [0.2, 0.25) is 0 Å². The third kappa shape index (κ3) is 4.82. The molecule has 2 aromatic rings. The zero-order valence-electron chi connectivity index (χ0n) is 14.2. The fourth-order valence-electron chi connectivity index (χ4n) is 2.63. The van der Waals surface area contributed by atoms with Crippen LogP contribution in [0.3, 0.4) is 0 Å². The summed E-state index contributed by atoms with van der Waals surface area (Å²) in [6, 6.07) is 6.33. The van der Waals surface area contributed by atoms with Crippen LogP contribution in [0, 0.1) is 11.6 Å². The van der Waals surface area contributed by atoms with Gasteiger partial charge in [0.2, 0.25) is 5.91 Å². The average molecular weight is 440 g/mol. The van der Waals surface area contributed by atoms with Crippen LogP contribution in [0.5, 0.6) is 11.5 Å². The summed E-state index contributed by atoms with van der Waals surface area (Å²) < 4.78 is 38.2. The summed E-state index contributed by atoms with van der Waals surface area (Å²) in [6.07, 6.45) is -0.263. The smallest absolute Gasteiger partial charge is 0.220 e. The lowest BCUT2D eigenvalue weighted by Crippen LogP contribution is -2.23. The molecule has 142 valence electrons. The number of benzene rings is 2. The number of carbonyl (C=O) groups excluding carboxylic acids is 2. The largest absolute Gasteiger partial charge is 0.486 e. The maximum absolute atomic E-state index is 13.6. The maximum Gasteiger partial charge on any atom is 0.220 e. The molecule has 0 saturated carbocycles. The number of hydrogen-bond donors (Lipinski definition) is 1. The van der Waals surface area contributed by atoms with Gasteiger partial charge in [-0.05, 0) is 45.8 Å². The Labute approximate surface area is 162 Å². The predicted molar refractivity (Wildman–Crippen MR) is 96.9 cm³/mol. The van der Waals surface area contributed by atoms with Crippen molar-refractivity contribution < 1.29 is 27.8 Å². The molecule has 0 radical (unpaired) electrons. The third-order valence-corrected chi connectivity index (χ3v) is 4.55. The SMILES string of the molecule is O=C(CCC(=O)c1ccc(F)cc1F)NCc1cc(Br)c2c(c1)OCCO2. The van der Waals surface area contributed by atoms with E-state index in [1.54, 1.807) is 6.07 Å². The number of Topliss-reactive ketones (excluding diaryl/α,β-unsaturated/α-hetero) is 1. The minimum absolute atomic E-state index is 0.0959. The highest BCUT2D eigenvalue weighted by molar-refractivity contribution is 9.10. The first kappa shape index (κ1) is 19.3. The molecule has 5 nitrogen and oxygen atoms in total. The van der Waals surface area contributed by atoms with Crippen molar-refractivity contribution in [2.45, 2.75) is 19.4 Å². The van der Waals surface area contributed by atoms with Gasteiger partial charge >= 0.3 is 0 Å². The van der Waals surface area contributed by atoms with E-state index >= 15 is 0 Å². The Balaban J connectivity index is 1.53. The molecule has 27 heavy (non-hydrogen) atoms. The Hall–Kier alpha value is -2.48. The molecule has 3 rings (SSSR count). The highest BCUT2D eigenvalue weighted by atomic mass is 79.9. The first-order valence-corrected chi connectivity index (χ1v) is 9.06. The molecule has 0 unspecified atom stereocenters. The van der Waals surface area contributed by atoms with E-state index < -0.39 is 17.4 Å². The topological polar surface area (TPSA) is 64.6 Å². The van der Waals surface area contributed by atoms with E-state index in [4.69, 9.17) is 9.47 Å². The molecule has 0 aromatic heterocycles. The lowest BCUT2D eigenvalue weighted by molar-refractivity contribution is -0.121. The summed E-state index contributed by atoms with van der Waals surface area (Å²) in [7, 11) is 0. The van der Waals surface area contributed by atoms with Gasteiger partial charge in [-0.2, -0.15) is 0 Å². The first-order valence-electron chi connectivity index (χ1n) is 8.27. The molecule has 0 fully saturated rings. The standard InChI is InChI=1S/C19H16BrF2NO4/c20-14-7-11(8-17-19(14)27-6-5-26-17)10-23-18(25)4-3-16(24)13-2-1-12(21)9-15(13)22/h1-2,7-9H,3-6,10H2,(H,23,25). The van der Waals surface area contributed by atoms with Gasteiger partial charge in [0.15, 0.2) is 17.3 Å². The summed E-state index contributed by atoms with van der Waals surface area (Å²) in [6.45, 7) is 1.18. The molecule has 0 bridgehead atoms. The van der Waals surface area contributed by atoms with Crippen molar-refractivity contribution in [3.8, 4) is 11.5 Å². The molecule has 2 aromatic carbocycles. The van der Waals surface area contributed by atoms with Crippen molar-refractivity contribution >= 4 is 27.6 Å².